The molecule has 0 saturated carbocycles. The number of hydrogen-bond acceptors (Lipinski definition) is 3. The summed E-state index contributed by atoms with van der Waals surface area (Å²) in [4.78, 5) is 14.1. The second kappa shape index (κ2) is 9.42. The fraction of sp³-hybridized carbons (Fsp3) is 0.542. The molecule has 0 aliphatic carbocycles. The fourth-order valence-corrected chi connectivity index (χ4v) is 4.36. The number of carbonyl (C=O) groups is 1. The van der Waals surface area contributed by atoms with E-state index in [-0.39, 0.29) is 11.5 Å². The number of rotatable bonds is 8. The molecule has 0 spiro atoms. The van der Waals surface area contributed by atoms with Crippen LogP contribution >= 0.6 is 0 Å². The van der Waals surface area contributed by atoms with Gasteiger partial charge in [-0.15, -0.1) is 0 Å². The number of benzene rings is 1. The number of furan rings is 1. The largest absolute Gasteiger partial charge is 0.467 e. The third kappa shape index (κ3) is 5.96. The molecule has 1 amide bonds. The lowest BCUT2D eigenvalue weighted by atomic mass is 9.75. The molecule has 0 N–H and O–H groups in total. The van der Waals surface area contributed by atoms with Gasteiger partial charge in [-0.05, 0) is 69.1 Å². The van der Waals surface area contributed by atoms with Crippen LogP contribution in [0.15, 0.2) is 53.1 Å². The summed E-state index contributed by atoms with van der Waals surface area (Å²) < 4.78 is 11.4. The van der Waals surface area contributed by atoms with Gasteiger partial charge in [-0.2, -0.15) is 0 Å². The molecule has 0 unspecified atom stereocenters. The van der Waals surface area contributed by atoms with Crippen molar-refractivity contribution in [2.24, 2.45) is 11.8 Å². The van der Waals surface area contributed by atoms with Gasteiger partial charge in [-0.3, -0.25) is 4.79 Å². The molecule has 28 heavy (non-hydrogen) atoms. The molecule has 3 rings (SSSR count). The number of amides is 1. The van der Waals surface area contributed by atoms with Crippen LogP contribution in [-0.4, -0.2) is 29.6 Å². The van der Waals surface area contributed by atoms with Crippen molar-refractivity contribution in [2.75, 3.05) is 13.2 Å². The summed E-state index contributed by atoms with van der Waals surface area (Å²) in [7, 11) is 0. The molecular formula is C24H33NO3. The second-order valence-electron chi connectivity index (χ2n) is 8.62. The first-order valence-electron chi connectivity index (χ1n) is 10.4. The lowest BCUT2D eigenvalue weighted by molar-refractivity contribution is -0.130. The van der Waals surface area contributed by atoms with E-state index in [1.807, 2.05) is 17.0 Å². The molecule has 2 heterocycles. The first kappa shape index (κ1) is 20.7. The van der Waals surface area contributed by atoms with Gasteiger partial charge in [0.15, 0.2) is 0 Å². The van der Waals surface area contributed by atoms with Gasteiger partial charge in [0.2, 0.25) is 5.91 Å². The predicted octanol–water partition coefficient (Wildman–Crippen LogP) is 5.08. The zero-order valence-electron chi connectivity index (χ0n) is 17.4. The van der Waals surface area contributed by atoms with E-state index >= 15 is 0 Å². The van der Waals surface area contributed by atoms with E-state index in [4.69, 9.17) is 9.15 Å². The van der Waals surface area contributed by atoms with E-state index in [0.29, 0.717) is 18.4 Å². The Morgan fingerprint density at radius 1 is 1.21 bits per heavy atom. The smallest absolute Gasteiger partial charge is 0.219 e. The van der Waals surface area contributed by atoms with Gasteiger partial charge < -0.3 is 14.1 Å². The highest BCUT2D eigenvalue weighted by Gasteiger charge is 2.33. The SMILES string of the molecule is CC(=O)N(CC[C@@H](Cc1ccccc1)[C@H]1CCOC(C)(C)C1)Cc1ccco1. The highest BCUT2D eigenvalue weighted by atomic mass is 16.5. The van der Waals surface area contributed by atoms with Gasteiger partial charge in [0, 0.05) is 20.1 Å². The van der Waals surface area contributed by atoms with Crippen molar-refractivity contribution < 1.29 is 13.9 Å². The van der Waals surface area contributed by atoms with Crippen LogP contribution in [0.3, 0.4) is 0 Å². The van der Waals surface area contributed by atoms with Crippen molar-refractivity contribution >= 4 is 5.91 Å². The lowest BCUT2D eigenvalue weighted by Crippen LogP contribution is -2.38. The molecule has 1 aromatic carbocycles. The van der Waals surface area contributed by atoms with E-state index in [1.165, 1.54) is 5.56 Å². The Balaban J connectivity index is 1.69. The molecule has 2 aromatic rings. The monoisotopic (exact) mass is 383 g/mol. The van der Waals surface area contributed by atoms with Crippen LogP contribution in [0.1, 0.15) is 51.4 Å². The minimum atomic E-state index is -0.0632. The average Bonchev–Trinajstić information content (AvgIpc) is 3.17. The maximum atomic E-state index is 12.2. The third-order valence-corrected chi connectivity index (χ3v) is 5.88. The van der Waals surface area contributed by atoms with Gasteiger partial charge in [0.1, 0.15) is 5.76 Å². The molecule has 1 aliphatic rings. The number of carbonyl (C=O) groups excluding carboxylic acids is 1. The van der Waals surface area contributed by atoms with Crippen LogP contribution < -0.4 is 0 Å². The number of ether oxygens (including phenoxy) is 1. The van der Waals surface area contributed by atoms with Crippen molar-refractivity contribution in [3.8, 4) is 0 Å². The van der Waals surface area contributed by atoms with Crippen molar-refractivity contribution in [2.45, 2.75) is 58.6 Å². The molecule has 0 bridgehead atoms. The first-order chi connectivity index (χ1) is 13.4. The summed E-state index contributed by atoms with van der Waals surface area (Å²) in [5.41, 5.74) is 1.31. The summed E-state index contributed by atoms with van der Waals surface area (Å²) in [6, 6.07) is 14.5. The maximum absolute atomic E-state index is 12.2. The molecule has 1 fully saturated rings. The molecule has 1 aliphatic heterocycles. The first-order valence-corrected chi connectivity index (χ1v) is 10.4. The zero-order chi connectivity index (χ0) is 20.0. The molecule has 152 valence electrons. The Kier molecular flexibility index (Phi) is 6.95. The highest BCUT2D eigenvalue weighted by Crippen LogP contribution is 2.36. The maximum Gasteiger partial charge on any atom is 0.219 e. The van der Waals surface area contributed by atoms with E-state index in [1.54, 1.807) is 13.2 Å². The van der Waals surface area contributed by atoms with Gasteiger partial charge >= 0.3 is 0 Å². The van der Waals surface area contributed by atoms with Gasteiger partial charge in [-0.1, -0.05) is 30.3 Å². The van der Waals surface area contributed by atoms with E-state index in [0.717, 1.165) is 44.6 Å². The van der Waals surface area contributed by atoms with Gasteiger partial charge in [0.25, 0.3) is 0 Å². The van der Waals surface area contributed by atoms with Crippen LogP contribution in [0.4, 0.5) is 0 Å². The predicted molar refractivity (Wildman–Crippen MR) is 111 cm³/mol. The van der Waals surface area contributed by atoms with E-state index < -0.39 is 0 Å². The topological polar surface area (TPSA) is 42.7 Å². The molecule has 4 nitrogen and oxygen atoms in total. The van der Waals surface area contributed by atoms with Gasteiger partial charge in [0.05, 0.1) is 18.4 Å². The van der Waals surface area contributed by atoms with Gasteiger partial charge in [-0.25, -0.2) is 0 Å². The summed E-state index contributed by atoms with van der Waals surface area (Å²) in [6.07, 6.45) is 5.88. The average molecular weight is 384 g/mol. The minimum Gasteiger partial charge on any atom is -0.467 e. The molecule has 1 aromatic heterocycles. The van der Waals surface area contributed by atoms with E-state index in [9.17, 15) is 4.79 Å². The lowest BCUT2D eigenvalue weighted by Gasteiger charge is -2.40. The Bertz CT molecular complexity index is 724. The third-order valence-electron chi connectivity index (χ3n) is 5.88. The Labute approximate surface area is 168 Å². The Hall–Kier alpha value is -2.07. The normalized spacial score (nSPS) is 19.9. The summed E-state index contributed by atoms with van der Waals surface area (Å²) in [6.45, 7) is 8.15. The summed E-state index contributed by atoms with van der Waals surface area (Å²) in [5.74, 6) is 2.08. The summed E-state index contributed by atoms with van der Waals surface area (Å²) in [5, 5.41) is 0. The molecular weight excluding hydrogens is 350 g/mol. The molecule has 1 saturated heterocycles. The number of hydrogen-bond donors (Lipinski definition) is 0. The standard InChI is InChI=1S/C24H33NO3/c1-19(26)25(18-23-10-7-14-27-23)13-11-21(16-20-8-5-4-6-9-20)22-12-15-28-24(2,3)17-22/h4-10,14,21-22H,11-13,15-18H2,1-3H3/t21-,22-/m0/s1. The summed E-state index contributed by atoms with van der Waals surface area (Å²) >= 11 is 0. The van der Waals surface area contributed by atoms with Crippen LogP contribution in [0.2, 0.25) is 0 Å². The fourth-order valence-electron chi connectivity index (χ4n) is 4.36. The van der Waals surface area contributed by atoms with Crippen LogP contribution in [0, 0.1) is 11.8 Å². The highest BCUT2D eigenvalue weighted by molar-refractivity contribution is 5.73. The van der Waals surface area contributed by atoms with E-state index in [2.05, 4.69) is 44.2 Å². The number of nitrogens with zero attached hydrogens (tertiary/aromatic N) is 1. The van der Waals surface area contributed by atoms with Crippen molar-refractivity contribution in [3.05, 3.63) is 60.1 Å². The molecule has 0 radical (unpaired) electrons. The Morgan fingerprint density at radius 2 is 2.00 bits per heavy atom. The van der Waals surface area contributed by atoms with Crippen LogP contribution in [0.25, 0.3) is 0 Å². The molecule has 2 atom stereocenters. The zero-order valence-corrected chi connectivity index (χ0v) is 17.4. The van der Waals surface area contributed by atoms with Crippen LogP contribution in [0.5, 0.6) is 0 Å². The molecule has 4 heteroatoms. The quantitative estimate of drug-likeness (QED) is 0.638. The van der Waals surface area contributed by atoms with Crippen molar-refractivity contribution in [1.29, 1.82) is 0 Å². The Morgan fingerprint density at radius 3 is 2.64 bits per heavy atom. The minimum absolute atomic E-state index is 0.0632. The second-order valence-corrected chi connectivity index (χ2v) is 8.62. The van der Waals surface area contributed by atoms with Crippen molar-refractivity contribution in [1.82, 2.24) is 4.90 Å². The van der Waals surface area contributed by atoms with Crippen molar-refractivity contribution in [3.63, 3.8) is 0 Å². The van der Waals surface area contributed by atoms with Crippen LogP contribution in [-0.2, 0) is 22.5 Å².